The van der Waals surface area contributed by atoms with Gasteiger partial charge in [-0.1, -0.05) is 13.8 Å². The Labute approximate surface area is 209 Å². The highest BCUT2D eigenvalue weighted by Gasteiger charge is 2.69. The van der Waals surface area contributed by atoms with Crippen LogP contribution in [-0.4, -0.2) is 73.5 Å². The first-order chi connectivity index (χ1) is 16.0. The molecule has 1 unspecified atom stereocenters. The molecule has 3 saturated carbocycles. The fourth-order valence-electron chi connectivity index (χ4n) is 8.42. The predicted molar refractivity (Wildman–Crippen MR) is 131 cm³/mol. The summed E-state index contributed by atoms with van der Waals surface area (Å²) in [5.74, 6) is -0.864. The number of hydrogen-bond donors (Lipinski definition) is 5. The number of fused-ring (bicyclic) bond motifs is 5. The van der Waals surface area contributed by atoms with Crippen molar-refractivity contribution in [2.24, 2.45) is 28.6 Å². The second kappa shape index (κ2) is 8.60. The number of allylic oxidation sites excluding steroid dienone is 1. The molecule has 0 aromatic heterocycles. The van der Waals surface area contributed by atoms with Crippen LogP contribution in [-0.2, 0) is 9.53 Å². The van der Waals surface area contributed by atoms with Gasteiger partial charge in [0.25, 0.3) is 0 Å². The molecule has 3 fully saturated rings. The van der Waals surface area contributed by atoms with E-state index in [1.165, 1.54) is 0 Å². The maximum Gasteiger partial charge on any atom is 0.159 e. The second-order valence-electron chi connectivity index (χ2n) is 13.3. The number of ketones is 1. The van der Waals surface area contributed by atoms with Crippen LogP contribution < -0.4 is 0 Å². The van der Waals surface area contributed by atoms with Crippen molar-refractivity contribution in [2.75, 3.05) is 7.11 Å². The standard InChI is InChI=1S/C28H46O7/c1-24(2,35-6)10-9-23(32)27(5,33)22-8-12-28(34)17-13-19(29)18-14-20(30)21(31)15-25(18,3)16(17)7-11-26(22,28)4/h13,16,18,20-23,30-34H,7-12,14-15H2,1-6H3/t16-,18-,20+,21-,22-,23?,25+,26+,27+,28+/m0/s1. The van der Waals surface area contributed by atoms with E-state index in [0.717, 1.165) is 12.0 Å². The molecule has 200 valence electrons. The summed E-state index contributed by atoms with van der Waals surface area (Å²) in [5.41, 5.74) is -3.58. The SMILES string of the molecule is COC(C)(C)CCC(O)[C@](C)(O)[C@H]1CC[C@@]2(O)C3=CC(=O)[C@@H]4C[C@@H](O)[C@@H](O)C[C@]4(C)[C@H]3CC[C@]12C. The summed E-state index contributed by atoms with van der Waals surface area (Å²) < 4.78 is 5.48. The Balaban J connectivity index is 1.64. The van der Waals surface area contributed by atoms with E-state index in [0.29, 0.717) is 38.5 Å². The van der Waals surface area contributed by atoms with E-state index < -0.39 is 45.9 Å². The molecule has 0 spiro atoms. The van der Waals surface area contributed by atoms with Crippen molar-refractivity contribution in [3.05, 3.63) is 11.6 Å². The summed E-state index contributed by atoms with van der Waals surface area (Å²) in [6.45, 7) is 9.61. The average Bonchev–Trinajstić information content (AvgIpc) is 3.06. The third kappa shape index (κ3) is 3.96. The highest BCUT2D eigenvalue weighted by atomic mass is 16.5. The molecule has 4 aliphatic rings. The number of carbonyl (C=O) groups excluding carboxylic acids is 1. The molecular formula is C28H46O7. The van der Waals surface area contributed by atoms with Crippen LogP contribution in [0.25, 0.3) is 0 Å². The molecule has 10 atom stereocenters. The fraction of sp³-hybridized carbons (Fsp3) is 0.893. The molecule has 7 heteroatoms. The van der Waals surface area contributed by atoms with Crippen molar-refractivity contribution >= 4 is 5.78 Å². The van der Waals surface area contributed by atoms with E-state index in [-0.39, 0.29) is 30.0 Å². The van der Waals surface area contributed by atoms with Crippen LogP contribution >= 0.6 is 0 Å². The Morgan fingerprint density at radius 2 is 1.77 bits per heavy atom. The lowest BCUT2D eigenvalue weighted by molar-refractivity contribution is -0.177. The van der Waals surface area contributed by atoms with Gasteiger partial charge in [-0.15, -0.1) is 0 Å². The summed E-state index contributed by atoms with van der Waals surface area (Å²) in [5, 5.41) is 55.8. The molecule has 4 aliphatic carbocycles. The average molecular weight is 495 g/mol. The topological polar surface area (TPSA) is 127 Å². The zero-order valence-corrected chi connectivity index (χ0v) is 22.3. The minimum Gasteiger partial charge on any atom is -0.390 e. The third-order valence-corrected chi connectivity index (χ3v) is 11.1. The van der Waals surface area contributed by atoms with Crippen LogP contribution in [0.5, 0.6) is 0 Å². The van der Waals surface area contributed by atoms with Crippen molar-refractivity contribution in [2.45, 2.75) is 121 Å². The first-order valence-electron chi connectivity index (χ1n) is 13.3. The number of hydrogen-bond acceptors (Lipinski definition) is 7. The van der Waals surface area contributed by atoms with Gasteiger partial charge in [0.05, 0.1) is 35.1 Å². The first-order valence-corrected chi connectivity index (χ1v) is 13.3. The number of carbonyl (C=O) groups is 1. The smallest absolute Gasteiger partial charge is 0.159 e. The Morgan fingerprint density at radius 3 is 2.40 bits per heavy atom. The van der Waals surface area contributed by atoms with E-state index in [4.69, 9.17) is 4.74 Å². The summed E-state index contributed by atoms with van der Waals surface area (Å²) >= 11 is 0. The van der Waals surface area contributed by atoms with Gasteiger partial charge in [-0.2, -0.15) is 0 Å². The van der Waals surface area contributed by atoms with E-state index in [2.05, 4.69) is 0 Å². The summed E-state index contributed by atoms with van der Waals surface area (Å²) in [7, 11) is 1.64. The Kier molecular flexibility index (Phi) is 6.69. The zero-order valence-electron chi connectivity index (χ0n) is 22.3. The van der Waals surface area contributed by atoms with Gasteiger partial charge in [-0.05, 0) is 101 Å². The van der Waals surface area contributed by atoms with E-state index in [9.17, 15) is 30.3 Å². The first kappa shape index (κ1) is 27.2. The molecule has 4 rings (SSSR count). The number of rotatable bonds is 6. The van der Waals surface area contributed by atoms with Gasteiger partial charge < -0.3 is 30.3 Å². The van der Waals surface area contributed by atoms with Crippen molar-refractivity contribution in [1.82, 2.24) is 0 Å². The molecule has 0 radical (unpaired) electrons. The lowest BCUT2D eigenvalue weighted by Gasteiger charge is -2.60. The maximum atomic E-state index is 13.3. The number of aliphatic hydroxyl groups excluding tert-OH is 3. The van der Waals surface area contributed by atoms with Crippen molar-refractivity contribution in [1.29, 1.82) is 0 Å². The van der Waals surface area contributed by atoms with Crippen molar-refractivity contribution < 1.29 is 35.1 Å². The minimum absolute atomic E-state index is 0.0680. The van der Waals surface area contributed by atoms with Crippen molar-refractivity contribution in [3.63, 3.8) is 0 Å². The molecule has 35 heavy (non-hydrogen) atoms. The van der Waals surface area contributed by atoms with Crippen LogP contribution in [0.4, 0.5) is 0 Å². The van der Waals surface area contributed by atoms with E-state index >= 15 is 0 Å². The molecular weight excluding hydrogens is 448 g/mol. The fourth-order valence-corrected chi connectivity index (χ4v) is 8.42. The van der Waals surface area contributed by atoms with Crippen LogP contribution in [0, 0.1) is 28.6 Å². The highest BCUT2D eigenvalue weighted by molar-refractivity contribution is 5.95. The van der Waals surface area contributed by atoms with Crippen LogP contribution in [0.1, 0.15) is 86.0 Å². The summed E-state index contributed by atoms with van der Waals surface area (Å²) in [6.07, 6.45) is 2.74. The van der Waals surface area contributed by atoms with E-state index in [1.807, 2.05) is 27.7 Å². The Bertz CT molecular complexity index is 881. The molecule has 0 aromatic carbocycles. The second-order valence-corrected chi connectivity index (χ2v) is 13.3. The zero-order chi connectivity index (χ0) is 26.2. The molecule has 0 heterocycles. The largest absolute Gasteiger partial charge is 0.390 e. The van der Waals surface area contributed by atoms with E-state index in [1.54, 1.807) is 20.1 Å². The van der Waals surface area contributed by atoms with Gasteiger partial charge in [-0.25, -0.2) is 0 Å². The summed E-state index contributed by atoms with van der Waals surface area (Å²) in [4.78, 5) is 13.3. The highest BCUT2D eigenvalue weighted by Crippen LogP contribution is 2.68. The van der Waals surface area contributed by atoms with Crippen LogP contribution in [0.15, 0.2) is 11.6 Å². The molecule has 0 saturated heterocycles. The monoisotopic (exact) mass is 494 g/mol. The lowest BCUT2D eigenvalue weighted by Crippen LogP contribution is -2.62. The maximum absolute atomic E-state index is 13.3. The molecule has 0 aromatic rings. The molecule has 0 aliphatic heterocycles. The molecule has 0 amide bonds. The Morgan fingerprint density at radius 1 is 1.11 bits per heavy atom. The van der Waals surface area contributed by atoms with Gasteiger partial charge in [-0.3, -0.25) is 4.79 Å². The predicted octanol–water partition coefficient (Wildman–Crippen LogP) is 2.51. The van der Waals surface area contributed by atoms with Gasteiger partial charge in [0.1, 0.15) is 0 Å². The van der Waals surface area contributed by atoms with Crippen molar-refractivity contribution in [3.8, 4) is 0 Å². The van der Waals surface area contributed by atoms with Gasteiger partial charge in [0.2, 0.25) is 0 Å². The molecule has 0 bridgehead atoms. The number of ether oxygens (including phenoxy) is 1. The number of aliphatic hydroxyl groups is 5. The Hall–Kier alpha value is -0.830. The number of methoxy groups -OCH3 is 1. The van der Waals surface area contributed by atoms with Gasteiger partial charge in [0, 0.05) is 18.4 Å². The summed E-state index contributed by atoms with van der Waals surface area (Å²) in [6, 6.07) is 0. The van der Waals surface area contributed by atoms with Crippen LogP contribution in [0.2, 0.25) is 0 Å². The quantitative estimate of drug-likeness (QED) is 0.384. The van der Waals surface area contributed by atoms with Gasteiger partial charge >= 0.3 is 0 Å². The van der Waals surface area contributed by atoms with Crippen LogP contribution in [0.3, 0.4) is 0 Å². The third-order valence-electron chi connectivity index (χ3n) is 11.1. The normalized spacial score (nSPS) is 46.2. The lowest BCUT2D eigenvalue weighted by atomic mass is 9.45. The molecule has 5 N–H and O–H groups in total. The van der Waals surface area contributed by atoms with Gasteiger partial charge in [0.15, 0.2) is 5.78 Å². The molecule has 7 nitrogen and oxygen atoms in total. The minimum atomic E-state index is -1.41.